The van der Waals surface area contributed by atoms with E-state index in [4.69, 9.17) is 20.7 Å². The Hall–Kier alpha value is -4.23. The summed E-state index contributed by atoms with van der Waals surface area (Å²) in [4.78, 5) is 39.6. The van der Waals surface area contributed by atoms with Crippen molar-refractivity contribution in [1.29, 1.82) is 0 Å². The third-order valence-electron chi connectivity index (χ3n) is 5.65. The van der Waals surface area contributed by atoms with Crippen molar-refractivity contribution in [3.63, 3.8) is 0 Å². The Morgan fingerprint density at radius 3 is 2.23 bits per heavy atom. The molecule has 1 atom stereocenters. The summed E-state index contributed by atoms with van der Waals surface area (Å²) in [5, 5.41) is 19.8. The Morgan fingerprint density at radius 2 is 1.65 bits per heavy atom. The predicted molar refractivity (Wildman–Crippen MR) is 145 cm³/mol. The van der Waals surface area contributed by atoms with E-state index in [2.05, 4.69) is 49.4 Å². The minimum atomic E-state index is -5.08. The number of aliphatic carboxylic acids is 2. The molecule has 0 aliphatic rings. The number of halogens is 4. The average molecular weight is 621 g/mol. The number of carbonyl (C=O) groups is 3. The molecule has 13 heteroatoms. The van der Waals surface area contributed by atoms with Gasteiger partial charge in [0.15, 0.2) is 0 Å². The van der Waals surface area contributed by atoms with E-state index in [0.717, 1.165) is 43.5 Å². The highest BCUT2D eigenvalue weighted by atomic mass is 79.9. The summed E-state index contributed by atoms with van der Waals surface area (Å²) < 4.78 is 32.6. The highest BCUT2D eigenvalue weighted by Gasteiger charge is 2.38. The Balaban J connectivity index is 0.000000559. The molecule has 0 aliphatic carbocycles. The van der Waals surface area contributed by atoms with Crippen LogP contribution in [0.3, 0.4) is 0 Å². The summed E-state index contributed by atoms with van der Waals surface area (Å²) in [5.74, 6) is -4.09. The van der Waals surface area contributed by atoms with E-state index in [9.17, 15) is 22.8 Å². The van der Waals surface area contributed by atoms with Gasteiger partial charge in [0.25, 0.3) is 0 Å². The molecule has 0 bridgehead atoms. The monoisotopic (exact) mass is 620 g/mol. The average Bonchev–Trinajstić information content (AvgIpc) is 3.29. The number of aromatic amines is 1. The van der Waals surface area contributed by atoms with E-state index in [-0.39, 0.29) is 18.7 Å². The van der Waals surface area contributed by atoms with Crippen LogP contribution in [0.5, 0.6) is 0 Å². The molecule has 2 aromatic heterocycles. The summed E-state index contributed by atoms with van der Waals surface area (Å²) in [6, 6.07) is 19.1. The first kappa shape index (κ1) is 30.3. The largest absolute Gasteiger partial charge is 0.490 e. The fourth-order valence-electron chi connectivity index (χ4n) is 3.65. The maximum atomic E-state index is 12.0. The Labute approximate surface area is 234 Å². The van der Waals surface area contributed by atoms with Crippen molar-refractivity contribution >= 4 is 44.8 Å². The van der Waals surface area contributed by atoms with Gasteiger partial charge in [-0.3, -0.25) is 9.59 Å². The lowest BCUT2D eigenvalue weighted by molar-refractivity contribution is -0.192. The molecule has 0 saturated carbocycles. The zero-order valence-corrected chi connectivity index (χ0v) is 22.3. The fourth-order valence-corrected chi connectivity index (χ4v) is 3.99. The molecule has 4 rings (SSSR count). The van der Waals surface area contributed by atoms with Crippen molar-refractivity contribution in [2.45, 2.75) is 31.6 Å². The molecule has 40 heavy (non-hydrogen) atoms. The van der Waals surface area contributed by atoms with Crippen LogP contribution in [0.25, 0.3) is 33.4 Å². The third-order valence-corrected chi connectivity index (χ3v) is 6.09. The molecule has 0 fully saturated rings. The number of nitrogens with zero attached hydrogens (tertiary/aromatic N) is 1. The molecule has 0 aliphatic heterocycles. The minimum Gasteiger partial charge on any atom is -0.480 e. The van der Waals surface area contributed by atoms with Gasteiger partial charge >= 0.3 is 18.1 Å². The summed E-state index contributed by atoms with van der Waals surface area (Å²) in [6.45, 7) is 0.355. The van der Waals surface area contributed by atoms with Gasteiger partial charge < -0.3 is 26.2 Å². The number of hydrogen-bond acceptors (Lipinski definition) is 5. The number of nitrogens with one attached hydrogen (secondary N) is 2. The van der Waals surface area contributed by atoms with E-state index in [1.165, 1.54) is 0 Å². The predicted octanol–water partition coefficient (Wildman–Crippen LogP) is 5.10. The molecule has 1 amide bonds. The van der Waals surface area contributed by atoms with Crippen molar-refractivity contribution in [1.82, 2.24) is 15.3 Å². The number of carbonyl (C=O) groups excluding carboxylic acids is 1. The quantitative estimate of drug-likeness (QED) is 0.183. The normalized spacial score (nSPS) is 11.8. The zero-order chi connectivity index (χ0) is 29.4. The standard InChI is InChI=1S/C25H23BrN4O3.C2HF3O2/c26-18-12-19-22(23(30-24(19)29-14-18)17-4-2-1-3-5-17)16-8-6-15(7-9-16)13-28-21(31)11-10-20(27)25(32)33;3-2(4,5)1(6)7/h1-9,12,14,20H,10-11,13,27H2,(H,28,31)(H,29,30)(H,32,33);(H,6,7)/t20-;/m0./s1. The highest BCUT2D eigenvalue weighted by molar-refractivity contribution is 9.10. The van der Waals surface area contributed by atoms with Crippen LogP contribution in [0.4, 0.5) is 13.2 Å². The number of rotatable bonds is 8. The second-order valence-electron chi connectivity index (χ2n) is 8.55. The molecule has 9 nitrogen and oxygen atoms in total. The number of pyridine rings is 1. The van der Waals surface area contributed by atoms with Gasteiger partial charge in [0.05, 0.1) is 5.69 Å². The van der Waals surface area contributed by atoms with Crippen LogP contribution in [0.2, 0.25) is 0 Å². The van der Waals surface area contributed by atoms with Crippen LogP contribution < -0.4 is 11.1 Å². The zero-order valence-electron chi connectivity index (χ0n) is 20.7. The number of H-pyrrole nitrogens is 1. The molecular weight excluding hydrogens is 597 g/mol. The van der Waals surface area contributed by atoms with Crippen molar-refractivity contribution < 1.29 is 37.8 Å². The summed E-state index contributed by atoms with van der Waals surface area (Å²) in [6.07, 6.45) is -3.14. The molecule has 0 unspecified atom stereocenters. The van der Waals surface area contributed by atoms with Gasteiger partial charge in [0.2, 0.25) is 5.91 Å². The molecule has 0 saturated heterocycles. The molecule has 2 heterocycles. The maximum absolute atomic E-state index is 12.0. The van der Waals surface area contributed by atoms with Crippen LogP contribution in [0.15, 0.2) is 71.3 Å². The van der Waals surface area contributed by atoms with Crippen LogP contribution in [0, 0.1) is 0 Å². The number of hydrogen-bond donors (Lipinski definition) is 5. The van der Waals surface area contributed by atoms with E-state index in [1.807, 2.05) is 42.5 Å². The van der Waals surface area contributed by atoms with E-state index >= 15 is 0 Å². The third kappa shape index (κ3) is 8.13. The smallest absolute Gasteiger partial charge is 0.480 e. The van der Waals surface area contributed by atoms with Crippen LogP contribution >= 0.6 is 15.9 Å². The van der Waals surface area contributed by atoms with Crippen molar-refractivity contribution in [2.75, 3.05) is 0 Å². The minimum absolute atomic E-state index is 0.0726. The van der Waals surface area contributed by atoms with Gasteiger partial charge in [-0.1, -0.05) is 54.6 Å². The van der Waals surface area contributed by atoms with Gasteiger partial charge in [-0.05, 0) is 45.1 Å². The summed E-state index contributed by atoms with van der Waals surface area (Å²) in [7, 11) is 0. The van der Waals surface area contributed by atoms with Gasteiger partial charge in [-0.2, -0.15) is 13.2 Å². The van der Waals surface area contributed by atoms with Crippen LogP contribution in [-0.4, -0.2) is 50.2 Å². The summed E-state index contributed by atoms with van der Waals surface area (Å²) >= 11 is 3.52. The van der Waals surface area contributed by atoms with Crippen molar-refractivity contribution in [3.8, 4) is 22.4 Å². The SMILES string of the molecule is N[C@@H](CCC(=O)NCc1ccc(-c2c(-c3ccccc3)[nH]c3ncc(Br)cc23)cc1)C(=O)O.O=C(O)C(F)(F)F. The van der Waals surface area contributed by atoms with Gasteiger partial charge in [-0.15, -0.1) is 0 Å². The number of carboxylic acid groups (broad SMARTS) is 2. The first-order valence-electron chi connectivity index (χ1n) is 11.7. The summed E-state index contributed by atoms with van der Waals surface area (Å²) in [5.41, 5.74) is 11.3. The Bertz CT molecular complexity index is 1490. The second kappa shape index (κ2) is 13.2. The molecule has 210 valence electrons. The number of nitrogens with two attached hydrogens (primary N) is 1. The topological polar surface area (TPSA) is 158 Å². The van der Waals surface area contributed by atoms with Gasteiger partial charge in [0.1, 0.15) is 11.7 Å². The Kier molecular flexibility index (Phi) is 10.0. The lowest BCUT2D eigenvalue weighted by Crippen LogP contribution is -2.32. The number of benzene rings is 2. The molecule has 6 N–H and O–H groups in total. The van der Waals surface area contributed by atoms with Crippen LogP contribution in [0.1, 0.15) is 18.4 Å². The first-order chi connectivity index (χ1) is 18.9. The number of fused-ring (bicyclic) bond motifs is 1. The van der Waals surface area contributed by atoms with Crippen molar-refractivity contribution in [2.24, 2.45) is 5.73 Å². The second-order valence-corrected chi connectivity index (χ2v) is 9.47. The highest BCUT2D eigenvalue weighted by Crippen LogP contribution is 2.38. The maximum Gasteiger partial charge on any atom is 0.490 e. The number of amides is 1. The lowest BCUT2D eigenvalue weighted by Gasteiger charge is -2.09. The number of carboxylic acids is 2. The van der Waals surface area contributed by atoms with E-state index in [1.54, 1.807) is 6.20 Å². The number of alkyl halides is 3. The van der Waals surface area contributed by atoms with E-state index < -0.39 is 24.2 Å². The molecule has 2 aromatic carbocycles. The van der Waals surface area contributed by atoms with E-state index in [0.29, 0.717) is 6.54 Å². The van der Waals surface area contributed by atoms with Gasteiger partial charge in [0, 0.05) is 34.6 Å². The Morgan fingerprint density at radius 1 is 1.02 bits per heavy atom. The van der Waals surface area contributed by atoms with Gasteiger partial charge in [-0.25, -0.2) is 9.78 Å². The van der Waals surface area contributed by atoms with Crippen LogP contribution in [-0.2, 0) is 20.9 Å². The lowest BCUT2D eigenvalue weighted by atomic mass is 9.98. The molecular formula is C27H24BrF3N4O5. The first-order valence-corrected chi connectivity index (χ1v) is 12.5. The molecule has 0 radical (unpaired) electrons. The van der Waals surface area contributed by atoms with Crippen molar-refractivity contribution in [3.05, 3.63) is 76.9 Å². The molecule has 4 aromatic rings. The number of aromatic nitrogens is 2. The molecule has 0 spiro atoms. The fraction of sp³-hybridized carbons (Fsp3) is 0.185.